The molecule has 0 radical (unpaired) electrons. The van der Waals surface area contributed by atoms with E-state index in [1.54, 1.807) is 0 Å². The van der Waals surface area contributed by atoms with Gasteiger partial charge in [0.2, 0.25) is 0 Å². The number of aliphatic imine (C=N–C) groups is 1. The summed E-state index contributed by atoms with van der Waals surface area (Å²) in [5.41, 5.74) is 2.32. The summed E-state index contributed by atoms with van der Waals surface area (Å²) in [7, 11) is 0. The summed E-state index contributed by atoms with van der Waals surface area (Å²) in [5, 5.41) is 8.07. The first-order valence-corrected chi connectivity index (χ1v) is 10.5. The lowest BCUT2D eigenvalue weighted by atomic mass is 9.78. The van der Waals surface area contributed by atoms with Gasteiger partial charge in [-0.2, -0.15) is 0 Å². The Morgan fingerprint density at radius 3 is 2.76 bits per heavy atom. The molecule has 1 saturated heterocycles. The summed E-state index contributed by atoms with van der Waals surface area (Å²) in [5.74, 6) is 1.35. The molecule has 1 aliphatic heterocycles. The van der Waals surface area contributed by atoms with Gasteiger partial charge in [0.25, 0.3) is 0 Å². The topological polar surface area (TPSA) is 58.5 Å². The molecule has 1 aromatic heterocycles. The SMILES string of the molecule is CCNC(=NCc1cccc2cccnc12)NCC1CCCOC1C(C)(C)C.I. The van der Waals surface area contributed by atoms with Gasteiger partial charge in [-0.3, -0.25) is 4.98 Å². The predicted molar refractivity (Wildman–Crippen MR) is 132 cm³/mol. The summed E-state index contributed by atoms with van der Waals surface area (Å²) in [4.78, 5) is 9.35. The van der Waals surface area contributed by atoms with Gasteiger partial charge in [0.1, 0.15) is 0 Å². The van der Waals surface area contributed by atoms with Crippen molar-refractivity contribution in [2.45, 2.75) is 53.2 Å². The number of nitrogens with zero attached hydrogens (tertiary/aromatic N) is 2. The van der Waals surface area contributed by atoms with Crippen LogP contribution in [0.2, 0.25) is 0 Å². The van der Waals surface area contributed by atoms with Gasteiger partial charge in [0.05, 0.1) is 18.2 Å². The average Bonchev–Trinajstić information content (AvgIpc) is 2.69. The fourth-order valence-corrected chi connectivity index (χ4v) is 4.04. The fraction of sp³-hybridized carbons (Fsp3) is 0.565. The normalized spacial score (nSPS) is 20.2. The highest BCUT2D eigenvalue weighted by Gasteiger charge is 2.35. The maximum atomic E-state index is 6.12. The smallest absolute Gasteiger partial charge is 0.191 e. The first-order valence-electron chi connectivity index (χ1n) is 10.5. The van der Waals surface area contributed by atoms with Crippen LogP contribution in [0.25, 0.3) is 10.9 Å². The van der Waals surface area contributed by atoms with Gasteiger partial charge < -0.3 is 15.4 Å². The van der Waals surface area contributed by atoms with Gasteiger partial charge >= 0.3 is 0 Å². The van der Waals surface area contributed by atoms with Crippen LogP contribution in [0.4, 0.5) is 0 Å². The maximum Gasteiger partial charge on any atom is 0.191 e. The molecule has 3 rings (SSSR count). The van der Waals surface area contributed by atoms with Crippen LogP contribution in [0.1, 0.15) is 46.1 Å². The lowest BCUT2D eigenvalue weighted by molar-refractivity contribution is -0.0835. The number of nitrogens with one attached hydrogen (secondary N) is 2. The minimum atomic E-state index is 0. The van der Waals surface area contributed by atoms with Crippen molar-refractivity contribution in [3.8, 4) is 0 Å². The number of para-hydroxylation sites is 1. The molecule has 0 spiro atoms. The number of pyridine rings is 1. The van der Waals surface area contributed by atoms with E-state index < -0.39 is 0 Å². The summed E-state index contributed by atoms with van der Waals surface area (Å²) in [6, 6.07) is 10.3. The number of guanidine groups is 1. The third-order valence-corrected chi connectivity index (χ3v) is 5.30. The summed E-state index contributed by atoms with van der Waals surface area (Å²) in [6.07, 6.45) is 4.45. The van der Waals surface area contributed by atoms with Gasteiger partial charge in [-0.15, -0.1) is 24.0 Å². The van der Waals surface area contributed by atoms with Gasteiger partial charge in [-0.25, -0.2) is 4.99 Å². The van der Waals surface area contributed by atoms with E-state index in [9.17, 15) is 0 Å². The second kappa shape index (κ2) is 11.1. The highest BCUT2D eigenvalue weighted by molar-refractivity contribution is 14.0. The van der Waals surface area contributed by atoms with Gasteiger partial charge in [-0.1, -0.05) is 45.0 Å². The van der Waals surface area contributed by atoms with Gasteiger partial charge in [0.15, 0.2) is 5.96 Å². The molecule has 5 nitrogen and oxygen atoms in total. The first kappa shape index (κ1) is 23.9. The van der Waals surface area contributed by atoms with Crippen molar-refractivity contribution in [1.29, 1.82) is 0 Å². The molecule has 2 atom stereocenters. The van der Waals surface area contributed by atoms with Crippen molar-refractivity contribution in [3.05, 3.63) is 42.1 Å². The molecule has 0 bridgehead atoms. The summed E-state index contributed by atoms with van der Waals surface area (Å²) in [6.45, 7) is 12.1. The van der Waals surface area contributed by atoms with E-state index in [2.05, 4.69) is 67.6 Å². The molecule has 160 valence electrons. The van der Waals surface area contributed by atoms with Crippen molar-refractivity contribution in [1.82, 2.24) is 15.6 Å². The monoisotopic (exact) mass is 510 g/mol. The zero-order chi connectivity index (χ0) is 20.0. The van der Waals surface area contributed by atoms with Crippen molar-refractivity contribution >= 4 is 40.8 Å². The number of rotatable bonds is 5. The highest BCUT2D eigenvalue weighted by Crippen LogP contribution is 2.33. The fourth-order valence-electron chi connectivity index (χ4n) is 4.04. The molecule has 29 heavy (non-hydrogen) atoms. The minimum absolute atomic E-state index is 0. The Kier molecular flexibility index (Phi) is 9.14. The third-order valence-electron chi connectivity index (χ3n) is 5.30. The van der Waals surface area contributed by atoms with E-state index in [1.807, 2.05) is 12.3 Å². The first-order chi connectivity index (χ1) is 13.5. The van der Waals surface area contributed by atoms with Crippen molar-refractivity contribution in [2.75, 3.05) is 19.7 Å². The summed E-state index contributed by atoms with van der Waals surface area (Å²) < 4.78 is 6.12. The van der Waals surface area contributed by atoms with Gasteiger partial charge in [-0.05, 0) is 36.8 Å². The third kappa shape index (κ3) is 6.54. The zero-order valence-corrected chi connectivity index (χ0v) is 20.4. The average molecular weight is 510 g/mol. The Bertz CT molecular complexity index is 798. The molecule has 1 fully saturated rings. The highest BCUT2D eigenvalue weighted by atomic mass is 127. The van der Waals surface area contributed by atoms with Crippen LogP contribution in [-0.2, 0) is 11.3 Å². The van der Waals surface area contributed by atoms with Crippen molar-refractivity contribution < 1.29 is 4.74 Å². The Hall–Kier alpha value is -1.41. The number of halogens is 1. The Labute approximate surface area is 192 Å². The number of benzene rings is 1. The number of aromatic nitrogens is 1. The van der Waals surface area contributed by atoms with Crippen LogP contribution in [0.3, 0.4) is 0 Å². The molecule has 2 unspecified atom stereocenters. The maximum absolute atomic E-state index is 6.12. The van der Waals surface area contributed by atoms with Crippen molar-refractivity contribution in [3.63, 3.8) is 0 Å². The van der Waals surface area contributed by atoms with Crippen LogP contribution < -0.4 is 10.6 Å². The second-order valence-corrected chi connectivity index (χ2v) is 8.63. The Morgan fingerprint density at radius 2 is 2.00 bits per heavy atom. The largest absolute Gasteiger partial charge is 0.377 e. The molecular formula is C23H35IN4O. The number of ether oxygens (including phenoxy) is 1. The van der Waals surface area contributed by atoms with Gasteiger partial charge in [0, 0.05) is 37.2 Å². The minimum Gasteiger partial charge on any atom is -0.377 e. The number of fused-ring (bicyclic) bond motifs is 1. The van der Waals surface area contributed by atoms with Crippen LogP contribution in [0.5, 0.6) is 0 Å². The molecule has 0 amide bonds. The molecule has 0 saturated carbocycles. The quantitative estimate of drug-likeness (QED) is 0.347. The number of hydrogen-bond donors (Lipinski definition) is 2. The molecular weight excluding hydrogens is 475 g/mol. The molecule has 2 aromatic rings. The standard InChI is InChI=1S/C23H34N4O.HI/c1-5-24-22(27-16-19-12-8-14-28-21(19)23(2,3)4)26-15-18-10-6-9-17-11-7-13-25-20(17)18;/h6-7,9-11,13,19,21H,5,8,12,14-16H2,1-4H3,(H2,24,26,27);1H. The van der Waals surface area contributed by atoms with Crippen molar-refractivity contribution in [2.24, 2.45) is 16.3 Å². The lowest BCUT2D eigenvalue weighted by Gasteiger charge is -2.40. The van der Waals surface area contributed by atoms with Crippen LogP contribution >= 0.6 is 24.0 Å². The van der Waals surface area contributed by atoms with E-state index in [0.29, 0.717) is 12.5 Å². The Morgan fingerprint density at radius 1 is 1.21 bits per heavy atom. The predicted octanol–water partition coefficient (Wildman–Crippen LogP) is 4.75. The van der Waals surface area contributed by atoms with E-state index in [1.165, 1.54) is 6.42 Å². The second-order valence-electron chi connectivity index (χ2n) is 8.63. The van der Waals surface area contributed by atoms with E-state index in [4.69, 9.17) is 9.73 Å². The number of hydrogen-bond acceptors (Lipinski definition) is 3. The summed E-state index contributed by atoms with van der Waals surface area (Å²) >= 11 is 0. The van der Waals surface area contributed by atoms with Crippen LogP contribution in [-0.4, -0.2) is 36.7 Å². The van der Waals surface area contributed by atoms with Crippen LogP contribution in [0.15, 0.2) is 41.5 Å². The lowest BCUT2D eigenvalue weighted by Crippen LogP contribution is -2.47. The molecule has 2 N–H and O–H groups in total. The van der Waals surface area contributed by atoms with E-state index in [0.717, 1.165) is 48.5 Å². The zero-order valence-electron chi connectivity index (χ0n) is 18.1. The molecule has 0 aliphatic carbocycles. The van der Waals surface area contributed by atoms with E-state index in [-0.39, 0.29) is 35.5 Å². The van der Waals surface area contributed by atoms with Crippen LogP contribution in [0, 0.1) is 11.3 Å². The Balaban J connectivity index is 0.00000300. The molecule has 1 aromatic carbocycles. The molecule has 6 heteroatoms. The molecule has 1 aliphatic rings. The molecule has 2 heterocycles. The van der Waals surface area contributed by atoms with E-state index >= 15 is 0 Å².